The van der Waals surface area contributed by atoms with E-state index in [0.29, 0.717) is 0 Å². The van der Waals surface area contributed by atoms with Crippen molar-refractivity contribution in [1.82, 2.24) is 5.32 Å². The van der Waals surface area contributed by atoms with E-state index in [-0.39, 0.29) is 0 Å². The van der Waals surface area contributed by atoms with E-state index in [0.717, 1.165) is 5.70 Å². The van der Waals surface area contributed by atoms with E-state index in [2.05, 4.69) is 50.5 Å². The van der Waals surface area contributed by atoms with Crippen LogP contribution in [0.4, 0.5) is 0 Å². The molecular formula is C14H17N. The minimum Gasteiger partial charge on any atom is -0.362 e. The smallest absolute Gasteiger partial charge is 0.0385 e. The molecule has 15 heavy (non-hydrogen) atoms. The van der Waals surface area contributed by atoms with Crippen LogP contribution in [-0.2, 0) is 0 Å². The normalized spacial score (nSPS) is 10.3. The van der Waals surface area contributed by atoms with Gasteiger partial charge in [-0.05, 0) is 31.1 Å². The van der Waals surface area contributed by atoms with Gasteiger partial charge in [0.25, 0.3) is 0 Å². The monoisotopic (exact) mass is 199 g/mol. The largest absolute Gasteiger partial charge is 0.362 e. The quantitative estimate of drug-likeness (QED) is 0.731. The zero-order valence-electron chi connectivity index (χ0n) is 9.38. The average molecular weight is 199 g/mol. The second-order valence-corrected chi connectivity index (χ2v) is 3.48. The highest BCUT2D eigenvalue weighted by atomic mass is 14.8. The Hall–Kier alpha value is -1.76. The summed E-state index contributed by atoms with van der Waals surface area (Å²) in [7, 11) is 0. The van der Waals surface area contributed by atoms with Crippen LogP contribution in [0.3, 0.4) is 0 Å². The molecule has 0 unspecified atom stereocenters. The van der Waals surface area contributed by atoms with Crippen molar-refractivity contribution in [2.24, 2.45) is 0 Å². The molecule has 1 aromatic rings. The highest BCUT2D eigenvalue weighted by Crippen LogP contribution is 2.19. The Morgan fingerprint density at radius 3 is 2.40 bits per heavy atom. The van der Waals surface area contributed by atoms with Gasteiger partial charge in [0, 0.05) is 17.5 Å². The molecule has 0 fully saturated rings. The summed E-state index contributed by atoms with van der Waals surface area (Å²) in [6.45, 7) is 11.8. The molecule has 1 heteroatoms. The summed E-state index contributed by atoms with van der Waals surface area (Å²) in [4.78, 5) is 0. The Morgan fingerprint density at radius 1 is 1.27 bits per heavy atom. The van der Waals surface area contributed by atoms with Gasteiger partial charge in [0.15, 0.2) is 0 Å². The maximum atomic E-state index is 4.02. The van der Waals surface area contributed by atoms with Crippen molar-refractivity contribution in [2.45, 2.75) is 13.8 Å². The molecule has 0 aliphatic rings. The fourth-order valence-corrected chi connectivity index (χ4v) is 1.58. The predicted octanol–water partition coefficient (Wildman–Crippen LogP) is 3.56. The number of allylic oxidation sites excluding steroid dienone is 2. The second kappa shape index (κ2) is 5.20. The molecule has 1 N–H and O–H groups in total. The highest BCUT2D eigenvalue weighted by Gasteiger charge is 2.03. The van der Waals surface area contributed by atoms with Gasteiger partial charge in [0.05, 0.1) is 0 Å². The van der Waals surface area contributed by atoms with E-state index < -0.39 is 0 Å². The molecule has 0 saturated heterocycles. The Kier molecular flexibility index (Phi) is 3.92. The Morgan fingerprint density at radius 2 is 1.87 bits per heavy atom. The molecule has 1 aromatic carbocycles. The van der Waals surface area contributed by atoms with E-state index in [4.69, 9.17) is 0 Å². The SMILES string of the molecule is C=C/C=C/NC(=C)c1c(C)cccc1C. The topological polar surface area (TPSA) is 12.0 Å². The maximum Gasteiger partial charge on any atom is 0.0385 e. The Bertz CT molecular complexity index is 380. The number of rotatable bonds is 4. The minimum atomic E-state index is 0.920. The van der Waals surface area contributed by atoms with Crippen LogP contribution in [-0.4, -0.2) is 0 Å². The third-order valence-electron chi connectivity index (χ3n) is 2.27. The van der Waals surface area contributed by atoms with Crippen LogP contribution in [0.25, 0.3) is 5.70 Å². The Balaban J connectivity index is 2.91. The first-order chi connectivity index (χ1) is 7.16. The van der Waals surface area contributed by atoms with Gasteiger partial charge in [-0.15, -0.1) is 0 Å². The molecule has 0 aliphatic heterocycles. The molecule has 0 spiro atoms. The molecule has 0 aromatic heterocycles. The molecular weight excluding hydrogens is 182 g/mol. The van der Waals surface area contributed by atoms with E-state index in [1.54, 1.807) is 6.08 Å². The van der Waals surface area contributed by atoms with Crippen molar-refractivity contribution in [3.8, 4) is 0 Å². The lowest BCUT2D eigenvalue weighted by atomic mass is 10.0. The number of hydrogen-bond donors (Lipinski definition) is 1. The summed E-state index contributed by atoms with van der Waals surface area (Å²) in [5.74, 6) is 0. The number of benzene rings is 1. The van der Waals surface area contributed by atoms with Gasteiger partial charge in [-0.1, -0.05) is 37.4 Å². The molecule has 0 radical (unpaired) electrons. The van der Waals surface area contributed by atoms with E-state index >= 15 is 0 Å². The van der Waals surface area contributed by atoms with Gasteiger partial charge in [-0.3, -0.25) is 0 Å². The third-order valence-corrected chi connectivity index (χ3v) is 2.27. The van der Waals surface area contributed by atoms with Gasteiger partial charge < -0.3 is 5.32 Å². The summed E-state index contributed by atoms with van der Waals surface area (Å²) in [5.41, 5.74) is 4.58. The van der Waals surface area contributed by atoms with E-state index in [9.17, 15) is 0 Å². The predicted molar refractivity (Wildman–Crippen MR) is 67.4 cm³/mol. The molecule has 0 saturated carbocycles. The van der Waals surface area contributed by atoms with Gasteiger partial charge in [0.2, 0.25) is 0 Å². The first kappa shape index (κ1) is 11.3. The molecule has 0 amide bonds. The molecule has 0 atom stereocenters. The van der Waals surface area contributed by atoms with Crippen molar-refractivity contribution < 1.29 is 0 Å². The first-order valence-corrected chi connectivity index (χ1v) is 4.96. The molecule has 1 rings (SSSR count). The zero-order valence-corrected chi connectivity index (χ0v) is 9.38. The third kappa shape index (κ3) is 2.84. The molecule has 1 nitrogen and oxygen atoms in total. The standard InChI is InChI=1S/C14H17N/c1-5-6-10-15-13(4)14-11(2)8-7-9-12(14)3/h5-10,15H,1,4H2,2-3H3/b10-6+. The maximum absolute atomic E-state index is 4.02. The summed E-state index contributed by atoms with van der Waals surface area (Å²) in [6.07, 6.45) is 5.41. The van der Waals surface area contributed by atoms with Crippen LogP contribution >= 0.6 is 0 Å². The van der Waals surface area contributed by atoms with Gasteiger partial charge in [-0.2, -0.15) is 0 Å². The van der Waals surface area contributed by atoms with Crippen LogP contribution in [0.5, 0.6) is 0 Å². The summed E-state index contributed by atoms with van der Waals surface area (Å²) in [5, 5.41) is 3.14. The minimum absolute atomic E-state index is 0.920. The number of hydrogen-bond acceptors (Lipinski definition) is 1. The van der Waals surface area contributed by atoms with Crippen LogP contribution in [0.15, 0.2) is 49.7 Å². The summed E-state index contributed by atoms with van der Waals surface area (Å²) < 4.78 is 0. The second-order valence-electron chi connectivity index (χ2n) is 3.48. The van der Waals surface area contributed by atoms with Crippen molar-refractivity contribution in [2.75, 3.05) is 0 Å². The fourth-order valence-electron chi connectivity index (χ4n) is 1.58. The van der Waals surface area contributed by atoms with Crippen molar-refractivity contribution >= 4 is 5.70 Å². The van der Waals surface area contributed by atoms with Crippen LogP contribution in [0.1, 0.15) is 16.7 Å². The summed E-state index contributed by atoms with van der Waals surface area (Å²) in [6, 6.07) is 6.24. The van der Waals surface area contributed by atoms with Crippen LogP contribution < -0.4 is 5.32 Å². The van der Waals surface area contributed by atoms with E-state index in [1.807, 2.05) is 12.3 Å². The lowest BCUT2D eigenvalue weighted by Crippen LogP contribution is -2.05. The molecule has 0 heterocycles. The van der Waals surface area contributed by atoms with E-state index in [1.165, 1.54) is 16.7 Å². The van der Waals surface area contributed by atoms with Gasteiger partial charge in [-0.25, -0.2) is 0 Å². The van der Waals surface area contributed by atoms with Crippen LogP contribution in [0, 0.1) is 13.8 Å². The van der Waals surface area contributed by atoms with Gasteiger partial charge >= 0.3 is 0 Å². The van der Waals surface area contributed by atoms with Crippen molar-refractivity contribution in [3.63, 3.8) is 0 Å². The van der Waals surface area contributed by atoms with Gasteiger partial charge in [0.1, 0.15) is 0 Å². The lowest BCUT2D eigenvalue weighted by Gasteiger charge is -2.12. The first-order valence-electron chi connectivity index (χ1n) is 4.96. The molecule has 78 valence electrons. The zero-order chi connectivity index (χ0) is 11.3. The number of aryl methyl sites for hydroxylation is 2. The van der Waals surface area contributed by atoms with Crippen molar-refractivity contribution in [3.05, 3.63) is 66.4 Å². The highest BCUT2D eigenvalue weighted by molar-refractivity contribution is 5.68. The number of nitrogens with one attached hydrogen (secondary N) is 1. The van der Waals surface area contributed by atoms with Crippen LogP contribution in [0.2, 0.25) is 0 Å². The fraction of sp³-hybridized carbons (Fsp3) is 0.143. The molecule has 0 aliphatic carbocycles. The summed E-state index contributed by atoms with van der Waals surface area (Å²) >= 11 is 0. The Labute approximate surface area is 91.8 Å². The van der Waals surface area contributed by atoms with Crippen molar-refractivity contribution in [1.29, 1.82) is 0 Å². The average Bonchev–Trinajstić information content (AvgIpc) is 2.18. The molecule has 0 bridgehead atoms. The lowest BCUT2D eigenvalue weighted by molar-refractivity contribution is 1.19.